The summed E-state index contributed by atoms with van der Waals surface area (Å²) in [7, 11) is 0. The van der Waals surface area contributed by atoms with Crippen molar-refractivity contribution in [2.24, 2.45) is 0 Å². The van der Waals surface area contributed by atoms with E-state index in [4.69, 9.17) is 14.2 Å². The minimum Gasteiger partial charge on any atom is -0.458 e. The van der Waals surface area contributed by atoms with Gasteiger partial charge in [-0.25, -0.2) is 9.59 Å². The van der Waals surface area contributed by atoms with E-state index in [1.165, 1.54) is 19.1 Å². The fourth-order valence-corrected chi connectivity index (χ4v) is 2.25. The molecule has 0 radical (unpaired) electrons. The van der Waals surface area contributed by atoms with Gasteiger partial charge in [-0.15, -0.1) is 0 Å². The molecular formula is C23H22O6. The number of carbonyl (C=O) groups is 3. The molecule has 2 aromatic rings. The molecule has 150 valence electrons. The summed E-state index contributed by atoms with van der Waals surface area (Å²) in [4.78, 5) is 34.9. The van der Waals surface area contributed by atoms with Crippen molar-refractivity contribution < 1.29 is 28.6 Å². The molecule has 0 saturated heterocycles. The summed E-state index contributed by atoms with van der Waals surface area (Å²) in [6.45, 7) is 0.766. The number of hydrogen-bond acceptors (Lipinski definition) is 6. The second kappa shape index (κ2) is 11.9. The van der Waals surface area contributed by atoms with Crippen LogP contribution >= 0.6 is 0 Å². The molecule has 0 bridgehead atoms. The molecular weight excluding hydrogens is 372 g/mol. The van der Waals surface area contributed by atoms with E-state index >= 15 is 0 Å². The van der Waals surface area contributed by atoms with E-state index in [2.05, 4.69) is 0 Å². The number of hydrogen-bond donors (Lipinski definition) is 0. The standard InChI is InChI=1S/C23H22O6/c1-18(24)29-21(16-27-22(25)14-12-19-8-4-2-5-9-19)17-28-23(26)15-13-20-10-6-3-7-11-20/h2-15,21H,16-17H2,1H3. The van der Waals surface area contributed by atoms with Crippen molar-refractivity contribution >= 4 is 30.1 Å². The average molecular weight is 394 g/mol. The maximum Gasteiger partial charge on any atom is 0.330 e. The van der Waals surface area contributed by atoms with Crippen molar-refractivity contribution in [1.29, 1.82) is 0 Å². The highest BCUT2D eigenvalue weighted by atomic mass is 16.6. The molecule has 6 heteroatoms. The summed E-state index contributed by atoms with van der Waals surface area (Å²) >= 11 is 0. The Morgan fingerprint density at radius 3 is 1.55 bits per heavy atom. The first-order valence-corrected chi connectivity index (χ1v) is 9.00. The highest BCUT2D eigenvalue weighted by Crippen LogP contribution is 2.04. The summed E-state index contributed by atoms with van der Waals surface area (Å²) in [6.07, 6.45) is 4.87. The van der Waals surface area contributed by atoms with Gasteiger partial charge < -0.3 is 14.2 Å². The van der Waals surface area contributed by atoms with E-state index in [1.807, 2.05) is 60.7 Å². The Labute approximate surface area is 169 Å². The largest absolute Gasteiger partial charge is 0.458 e. The smallest absolute Gasteiger partial charge is 0.330 e. The van der Waals surface area contributed by atoms with Crippen molar-refractivity contribution in [2.45, 2.75) is 13.0 Å². The molecule has 29 heavy (non-hydrogen) atoms. The zero-order valence-corrected chi connectivity index (χ0v) is 16.0. The van der Waals surface area contributed by atoms with E-state index < -0.39 is 24.0 Å². The SMILES string of the molecule is CC(=O)OC(COC(=O)C=Cc1ccccc1)COC(=O)C=Cc1ccccc1. The maximum atomic E-state index is 11.8. The second-order valence-electron chi connectivity index (χ2n) is 5.98. The molecule has 2 rings (SSSR count). The third-order valence-electron chi connectivity index (χ3n) is 3.58. The highest BCUT2D eigenvalue weighted by molar-refractivity contribution is 5.87. The lowest BCUT2D eigenvalue weighted by Gasteiger charge is -2.16. The van der Waals surface area contributed by atoms with Gasteiger partial charge in [0.15, 0.2) is 6.10 Å². The van der Waals surface area contributed by atoms with Gasteiger partial charge in [-0.1, -0.05) is 60.7 Å². The molecule has 0 aromatic heterocycles. The van der Waals surface area contributed by atoms with Crippen LogP contribution in [-0.4, -0.2) is 37.2 Å². The molecule has 0 heterocycles. The summed E-state index contributed by atoms with van der Waals surface area (Å²) in [5.41, 5.74) is 1.69. The molecule has 0 fully saturated rings. The van der Waals surface area contributed by atoms with E-state index in [9.17, 15) is 14.4 Å². The van der Waals surface area contributed by atoms with Gasteiger partial charge in [0.05, 0.1) is 0 Å². The lowest BCUT2D eigenvalue weighted by Crippen LogP contribution is -2.29. The fraction of sp³-hybridized carbons (Fsp3) is 0.174. The zero-order valence-electron chi connectivity index (χ0n) is 16.0. The van der Waals surface area contributed by atoms with Crippen LogP contribution in [0.4, 0.5) is 0 Å². The van der Waals surface area contributed by atoms with Gasteiger partial charge in [0.1, 0.15) is 13.2 Å². The van der Waals surface area contributed by atoms with E-state index in [0.29, 0.717) is 0 Å². The molecule has 0 aliphatic carbocycles. The lowest BCUT2D eigenvalue weighted by molar-refractivity contribution is -0.162. The van der Waals surface area contributed by atoms with E-state index in [0.717, 1.165) is 11.1 Å². The van der Waals surface area contributed by atoms with Crippen molar-refractivity contribution in [3.05, 3.63) is 83.9 Å². The van der Waals surface area contributed by atoms with Crippen LogP contribution in [0, 0.1) is 0 Å². The predicted molar refractivity (Wildman–Crippen MR) is 108 cm³/mol. The molecule has 0 aliphatic heterocycles. The topological polar surface area (TPSA) is 78.9 Å². The Morgan fingerprint density at radius 2 is 1.17 bits per heavy atom. The molecule has 0 amide bonds. The van der Waals surface area contributed by atoms with Crippen molar-refractivity contribution in [1.82, 2.24) is 0 Å². The molecule has 0 N–H and O–H groups in total. The Balaban J connectivity index is 1.81. The van der Waals surface area contributed by atoms with Gasteiger partial charge in [-0.05, 0) is 23.3 Å². The molecule has 2 aromatic carbocycles. The number of carbonyl (C=O) groups excluding carboxylic acids is 3. The van der Waals surface area contributed by atoms with Crippen LogP contribution in [-0.2, 0) is 28.6 Å². The minimum atomic E-state index is -0.893. The van der Waals surface area contributed by atoms with Crippen molar-refractivity contribution in [2.75, 3.05) is 13.2 Å². The zero-order chi connectivity index (χ0) is 20.9. The quantitative estimate of drug-likeness (QED) is 0.368. The molecule has 0 atom stereocenters. The first-order valence-electron chi connectivity index (χ1n) is 9.00. The van der Waals surface area contributed by atoms with Crippen LogP contribution in [0.1, 0.15) is 18.1 Å². The number of benzene rings is 2. The van der Waals surface area contributed by atoms with Crippen LogP contribution in [0.15, 0.2) is 72.8 Å². The number of rotatable bonds is 9. The third-order valence-corrected chi connectivity index (χ3v) is 3.58. The van der Waals surface area contributed by atoms with Crippen LogP contribution in [0.3, 0.4) is 0 Å². The summed E-state index contributed by atoms with van der Waals surface area (Å²) in [6, 6.07) is 18.5. The monoisotopic (exact) mass is 394 g/mol. The minimum absolute atomic E-state index is 0.229. The van der Waals surface area contributed by atoms with Gasteiger partial charge in [0.2, 0.25) is 0 Å². The third kappa shape index (κ3) is 9.19. The average Bonchev–Trinajstić information content (AvgIpc) is 2.74. The normalized spacial score (nSPS) is 11.9. The Bertz CT molecular complexity index is 790. The van der Waals surface area contributed by atoms with Gasteiger partial charge in [0.25, 0.3) is 0 Å². The maximum absolute atomic E-state index is 11.8. The first kappa shape index (κ1) is 21.6. The summed E-state index contributed by atoms with van der Waals surface area (Å²) in [5, 5.41) is 0. The lowest BCUT2D eigenvalue weighted by atomic mass is 10.2. The van der Waals surface area contributed by atoms with E-state index in [1.54, 1.807) is 12.2 Å². The summed E-state index contributed by atoms with van der Waals surface area (Å²) < 4.78 is 15.2. The van der Waals surface area contributed by atoms with Gasteiger partial charge in [-0.3, -0.25) is 4.79 Å². The molecule has 0 saturated carbocycles. The fourth-order valence-electron chi connectivity index (χ4n) is 2.25. The van der Waals surface area contributed by atoms with Crippen LogP contribution in [0.25, 0.3) is 12.2 Å². The van der Waals surface area contributed by atoms with Gasteiger partial charge in [-0.2, -0.15) is 0 Å². The number of esters is 3. The Morgan fingerprint density at radius 1 is 0.759 bits per heavy atom. The Hall–Kier alpha value is -3.67. The van der Waals surface area contributed by atoms with Crippen LogP contribution in [0.5, 0.6) is 0 Å². The molecule has 0 unspecified atom stereocenters. The molecule has 6 nitrogen and oxygen atoms in total. The van der Waals surface area contributed by atoms with Crippen molar-refractivity contribution in [3.63, 3.8) is 0 Å². The van der Waals surface area contributed by atoms with Crippen molar-refractivity contribution in [3.8, 4) is 0 Å². The van der Waals surface area contributed by atoms with Crippen LogP contribution in [0.2, 0.25) is 0 Å². The first-order chi connectivity index (χ1) is 14.0. The molecule has 0 spiro atoms. The highest BCUT2D eigenvalue weighted by Gasteiger charge is 2.16. The van der Waals surface area contributed by atoms with Gasteiger partial charge >= 0.3 is 17.9 Å². The summed E-state index contributed by atoms with van der Waals surface area (Å²) in [5.74, 6) is -1.76. The van der Waals surface area contributed by atoms with Gasteiger partial charge in [0, 0.05) is 19.1 Å². The number of ether oxygens (including phenoxy) is 3. The Kier molecular flexibility index (Phi) is 8.89. The predicted octanol–water partition coefficient (Wildman–Crippen LogP) is 3.43. The van der Waals surface area contributed by atoms with Crippen LogP contribution < -0.4 is 0 Å². The molecule has 0 aliphatic rings. The van der Waals surface area contributed by atoms with E-state index in [-0.39, 0.29) is 13.2 Å². The second-order valence-corrected chi connectivity index (χ2v) is 5.98.